The van der Waals surface area contributed by atoms with Crippen LogP contribution in [-0.2, 0) is 10.9 Å². The molecule has 1 spiro atoms. The predicted molar refractivity (Wildman–Crippen MR) is 134 cm³/mol. The number of hydrogen-bond donors (Lipinski definition) is 2. The number of imidazole rings is 1. The number of alkyl halides is 3. The summed E-state index contributed by atoms with van der Waals surface area (Å²) in [5, 5.41) is 13.2. The van der Waals surface area contributed by atoms with E-state index in [0.29, 0.717) is 48.7 Å². The molecular formula is C25H22ClF3N6O3. The van der Waals surface area contributed by atoms with Crippen LogP contribution in [0.1, 0.15) is 40.3 Å². The van der Waals surface area contributed by atoms with Crippen molar-refractivity contribution in [2.75, 3.05) is 36.5 Å². The van der Waals surface area contributed by atoms with E-state index in [-0.39, 0.29) is 27.6 Å². The van der Waals surface area contributed by atoms with E-state index in [4.69, 9.17) is 21.3 Å². The summed E-state index contributed by atoms with van der Waals surface area (Å²) in [6.45, 7) is 6.11. The molecule has 1 aromatic carbocycles. The second kappa shape index (κ2) is 8.43. The largest absolute Gasteiger partial charge is 0.476 e. The van der Waals surface area contributed by atoms with E-state index in [2.05, 4.69) is 15.3 Å². The fourth-order valence-corrected chi connectivity index (χ4v) is 5.32. The zero-order valence-corrected chi connectivity index (χ0v) is 21.1. The van der Waals surface area contributed by atoms with Crippen LogP contribution in [0.3, 0.4) is 0 Å². The van der Waals surface area contributed by atoms with Gasteiger partial charge in [0.05, 0.1) is 35.9 Å². The molecule has 2 saturated heterocycles. The molecule has 0 amide bonds. The summed E-state index contributed by atoms with van der Waals surface area (Å²) in [6.07, 6.45) is -3.63. The number of nitrogens with zero attached hydrogens (tertiary/aromatic N) is 5. The molecule has 3 aromatic heterocycles. The Bertz CT molecular complexity index is 1610. The van der Waals surface area contributed by atoms with E-state index in [1.165, 1.54) is 16.5 Å². The van der Waals surface area contributed by atoms with Gasteiger partial charge in [0.15, 0.2) is 11.4 Å². The first-order valence-electron chi connectivity index (χ1n) is 11.8. The highest BCUT2D eigenvalue weighted by atomic mass is 35.5. The SMILES string of the molecule is Cc1cc(C(C)Nc2ccc(Cl)nc2C(=O)O)c2nc(N3CC4(COC4)C3)n3cc(C(F)(F)F)nc3c2c1. The molecule has 0 radical (unpaired) electrons. The zero-order valence-electron chi connectivity index (χ0n) is 20.3. The Kier molecular flexibility index (Phi) is 5.48. The smallest absolute Gasteiger partial charge is 0.434 e. The first-order chi connectivity index (χ1) is 17.9. The molecule has 0 bridgehead atoms. The molecule has 2 N–H and O–H groups in total. The van der Waals surface area contributed by atoms with Crippen LogP contribution in [0.2, 0.25) is 5.15 Å². The highest BCUT2D eigenvalue weighted by molar-refractivity contribution is 6.29. The van der Waals surface area contributed by atoms with Crippen molar-refractivity contribution in [1.29, 1.82) is 0 Å². The van der Waals surface area contributed by atoms with Gasteiger partial charge >= 0.3 is 12.1 Å². The maximum Gasteiger partial charge on any atom is 0.434 e. The van der Waals surface area contributed by atoms with Crippen molar-refractivity contribution >= 4 is 45.8 Å². The number of carboxylic acids is 1. The number of halogens is 4. The van der Waals surface area contributed by atoms with Gasteiger partial charge in [-0.2, -0.15) is 13.2 Å². The number of anilines is 2. The number of ether oxygens (including phenoxy) is 1. The number of carbonyl (C=O) groups is 1. The number of aryl methyl sites for hydroxylation is 1. The quantitative estimate of drug-likeness (QED) is 0.338. The maximum atomic E-state index is 13.7. The minimum atomic E-state index is -4.62. The molecule has 2 aliphatic heterocycles. The predicted octanol–water partition coefficient (Wildman–Crippen LogP) is 4.97. The van der Waals surface area contributed by atoms with Crippen LogP contribution in [-0.4, -0.2) is 56.7 Å². The van der Waals surface area contributed by atoms with Gasteiger partial charge in [-0.15, -0.1) is 0 Å². The van der Waals surface area contributed by atoms with Crippen molar-refractivity contribution in [3.8, 4) is 0 Å². The first kappa shape index (κ1) is 24.7. The maximum absolute atomic E-state index is 13.7. The number of carboxylic acid groups (broad SMARTS) is 1. The monoisotopic (exact) mass is 546 g/mol. The number of hydrogen-bond acceptors (Lipinski definition) is 7. The van der Waals surface area contributed by atoms with Gasteiger partial charge in [0, 0.05) is 30.2 Å². The Morgan fingerprint density at radius 1 is 1.21 bits per heavy atom. The fourth-order valence-electron chi connectivity index (χ4n) is 5.17. The molecule has 0 saturated carbocycles. The van der Waals surface area contributed by atoms with Crippen molar-refractivity contribution in [3.63, 3.8) is 0 Å². The summed E-state index contributed by atoms with van der Waals surface area (Å²) in [7, 11) is 0. The number of rotatable bonds is 5. The molecule has 13 heteroatoms. The molecule has 6 rings (SSSR count). The van der Waals surface area contributed by atoms with Gasteiger partial charge in [0.1, 0.15) is 10.8 Å². The van der Waals surface area contributed by atoms with E-state index in [0.717, 1.165) is 11.8 Å². The van der Waals surface area contributed by atoms with Gasteiger partial charge in [-0.05, 0) is 37.6 Å². The molecular weight excluding hydrogens is 525 g/mol. The van der Waals surface area contributed by atoms with Crippen LogP contribution < -0.4 is 10.2 Å². The second-order valence-electron chi connectivity index (χ2n) is 10.0. The number of aromatic nitrogens is 4. The Morgan fingerprint density at radius 2 is 1.95 bits per heavy atom. The highest BCUT2D eigenvalue weighted by Gasteiger charge is 2.50. The third-order valence-electron chi connectivity index (χ3n) is 7.00. The molecule has 9 nitrogen and oxygen atoms in total. The van der Waals surface area contributed by atoms with Crippen LogP contribution in [0.4, 0.5) is 24.8 Å². The Balaban J connectivity index is 1.50. The molecule has 1 atom stereocenters. The lowest BCUT2D eigenvalue weighted by Crippen LogP contribution is -2.66. The van der Waals surface area contributed by atoms with Crippen molar-refractivity contribution in [1.82, 2.24) is 19.4 Å². The highest BCUT2D eigenvalue weighted by Crippen LogP contribution is 2.42. The summed E-state index contributed by atoms with van der Waals surface area (Å²) in [6, 6.07) is 6.15. The molecule has 2 aliphatic rings. The van der Waals surface area contributed by atoms with Crippen LogP contribution in [0, 0.1) is 12.3 Å². The van der Waals surface area contributed by atoms with Crippen LogP contribution in [0.25, 0.3) is 16.6 Å². The summed E-state index contributed by atoms with van der Waals surface area (Å²) in [5.41, 5.74) is 1.11. The van der Waals surface area contributed by atoms with Gasteiger partial charge in [0.2, 0.25) is 5.95 Å². The third-order valence-corrected chi connectivity index (χ3v) is 7.21. The Morgan fingerprint density at radius 3 is 2.58 bits per heavy atom. The lowest BCUT2D eigenvalue weighted by atomic mass is 9.78. The second-order valence-corrected chi connectivity index (χ2v) is 10.4. The molecule has 1 unspecified atom stereocenters. The standard InChI is InChI=1S/C25H22ClF3N6O3/c1-12-5-14(13(2)30-16-3-4-18(26)32-20(16)22(36)37)19-15(6-12)21-31-17(25(27,28)29)7-35(21)23(33-19)34-8-24(9-34)10-38-11-24/h3-7,13,30H,8-11H2,1-2H3,(H,36,37). The summed E-state index contributed by atoms with van der Waals surface area (Å²) < 4.78 is 47.9. The third kappa shape index (κ3) is 3.99. The minimum absolute atomic E-state index is 0.0101. The van der Waals surface area contributed by atoms with E-state index < -0.39 is 23.9 Å². The van der Waals surface area contributed by atoms with E-state index >= 15 is 0 Å². The molecule has 4 aromatic rings. The normalized spacial score (nSPS) is 17.5. The van der Waals surface area contributed by atoms with Gasteiger partial charge in [-0.1, -0.05) is 17.7 Å². The van der Waals surface area contributed by atoms with Crippen LogP contribution >= 0.6 is 11.6 Å². The summed E-state index contributed by atoms with van der Waals surface area (Å²) in [4.78, 5) is 26.4. The van der Waals surface area contributed by atoms with Gasteiger partial charge in [0.25, 0.3) is 0 Å². The Labute approximate surface area is 219 Å². The van der Waals surface area contributed by atoms with Gasteiger partial charge < -0.3 is 20.1 Å². The Hall–Kier alpha value is -3.64. The molecule has 198 valence electrons. The van der Waals surface area contributed by atoms with Gasteiger partial charge in [-0.3, -0.25) is 4.40 Å². The number of nitrogens with one attached hydrogen (secondary N) is 1. The fraction of sp³-hybridized carbons (Fsp3) is 0.360. The number of pyridine rings is 1. The van der Waals surface area contributed by atoms with E-state index in [1.807, 2.05) is 24.8 Å². The number of fused-ring (bicyclic) bond motifs is 3. The van der Waals surface area contributed by atoms with Crippen LogP contribution in [0.15, 0.2) is 30.5 Å². The minimum Gasteiger partial charge on any atom is -0.476 e. The van der Waals surface area contributed by atoms with E-state index in [1.54, 1.807) is 6.07 Å². The average molecular weight is 547 g/mol. The van der Waals surface area contributed by atoms with Crippen molar-refractivity contribution in [2.45, 2.75) is 26.1 Å². The van der Waals surface area contributed by atoms with Gasteiger partial charge in [-0.25, -0.2) is 19.7 Å². The van der Waals surface area contributed by atoms with Crippen molar-refractivity contribution in [2.24, 2.45) is 5.41 Å². The van der Waals surface area contributed by atoms with Crippen molar-refractivity contribution in [3.05, 3.63) is 58.1 Å². The summed E-state index contributed by atoms with van der Waals surface area (Å²) in [5.74, 6) is -0.883. The number of aromatic carboxylic acids is 1. The molecule has 2 fully saturated rings. The van der Waals surface area contributed by atoms with Crippen LogP contribution in [0.5, 0.6) is 0 Å². The topological polar surface area (TPSA) is 105 Å². The zero-order chi connectivity index (χ0) is 27.0. The molecule has 5 heterocycles. The summed E-state index contributed by atoms with van der Waals surface area (Å²) >= 11 is 5.89. The van der Waals surface area contributed by atoms with E-state index in [9.17, 15) is 23.1 Å². The first-order valence-corrected chi connectivity index (χ1v) is 12.2. The lowest BCUT2D eigenvalue weighted by molar-refractivity contribution is -0.140. The molecule has 0 aliphatic carbocycles. The average Bonchev–Trinajstić information content (AvgIpc) is 3.24. The number of benzene rings is 1. The lowest BCUT2D eigenvalue weighted by Gasteiger charge is -2.55. The molecule has 38 heavy (non-hydrogen) atoms. The van der Waals surface area contributed by atoms with Crippen molar-refractivity contribution < 1.29 is 27.8 Å².